The second kappa shape index (κ2) is 6.91. The van der Waals surface area contributed by atoms with Gasteiger partial charge in [-0.15, -0.1) is 0 Å². The summed E-state index contributed by atoms with van der Waals surface area (Å²) in [5, 5.41) is 9.69. The van der Waals surface area contributed by atoms with Crippen LogP contribution in [-0.2, 0) is 11.8 Å². The fraction of sp³-hybridized carbons (Fsp3) is 0.500. The van der Waals surface area contributed by atoms with Gasteiger partial charge >= 0.3 is 6.09 Å². The van der Waals surface area contributed by atoms with Crippen LogP contribution in [0, 0.1) is 6.92 Å². The second-order valence-electron chi connectivity index (χ2n) is 10.3. The van der Waals surface area contributed by atoms with Crippen LogP contribution in [0.2, 0.25) is 0 Å². The molecule has 31 heavy (non-hydrogen) atoms. The number of piperidine rings is 1. The number of methoxy groups -OCH3 is 1. The third-order valence-electron chi connectivity index (χ3n) is 7.42. The van der Waals surface area contributed by atoms with Crippen molar-refractivity contribution in [1.82, 2.24) is 4.90 Å². The molecule has 5 rings (SSSR count). The number of rotatable bonds is 2. The Morgan fingerprint density at radius 1 is 1.16 bits per heavy atom. The SMILES string of the molecule is COc1ccc(-c2cc3c4c(c2C(C)(C)C)[C@@H]2CN(C(=O)O)CC[C@@H]2N4CC3)c(C)c1. The Morgan fingerprint density at radius 2 is 1.94 bits per heavy atom. The van der Waals surface area contributed by atoms with Gasteiger partial charge in [-0.25, -0.2) is 4.79 Å². The summed E-state index contributed by atoms with van der Waals surface area (Å²) in [5.74, 6) is 1.12. The van der Waals surface area contributed by atoms with Gasteiger partial charge in [0, 0.05) is 37.3 Å². The number of ether oxygens (including phenoxy) is 1. The highest BCUT2D eigenvalue weighted by Crippen LogP contribution is 2.55. The molecule has 164 valence electrons. The Balaban J connectivity index is 1.75. The van der Waals surface area contributed by atoms with Crippen LogP contribution in [-0.4, -0.2) is 48.9 Å². The van der Waals surface area contributed by atoms with Crippen LogP contribution >= 0.6 is 0 Å². The maximum Gasteiger partial charge on any atom is 0.407 e. The number of amides is 1. The minimum atomic E-state index is -0.796. The van der Waals surface area contributed by atoms with Gasteiger partial charge in [-0.3, -0.25) is 0 Å². The summed E-state index contributed by atoms with van der Waals surface area (Å²) in [5.41, 5.74) is 9.31. The molecule has 1 amide bonds. The van der Waals surface area contributed by atoms with Crippen molar-refractivity contribution in [3.05, 3.63) is 46.5 Å². The normalized spacial score (nSPS) is 21.8. The molecule has 2 atom stereocenters. The number of hydrogen-bond donors (Lipinski definition) is 1. The van der Waals surface area contributed by atoms with E-state index in [-0.39, 0.29) is 11.3 Å². The first-order valence-electron chi connectivity index (χ1n) is 11.3. The predicted molar refractivity (Wildman–Crippen MR) is 124 cm³/mol. The first-order valence-corrected chi connectivity index (χ1v) is 11.3. The number of carbonyl (C=O) groups is 1. The molecule has 3 aliphatic rings. The number of aryl methyl sites for hydroxylation is 1. The first kappa shape index (κ1) is 20.2. The van der Waals surface area contributed by atoms with Gasteiger partial charge in [0.1, 0.15) is 5.75 Å². The van der Waals surface area contributed by atoms with Gasteiger partial charge in [0.05, 0.1) is 7.11 Å². The van der Waals surface area contributed by atoms with Crippen LogP contribution in [0.4, 0.5) is 10.5 Å². The first-order chi connectivity index (χ1) is 14.7. The summed E-state index contributed by atoms with van der Waals surface area (Å²) < 4.78 is 5.45. The average molecular weight is 421 g/mol. The Hall–Kier alpha value is -2.69. The molecule has 0 aromatic heterocycles. The minimum absolute atomic E-state index is 0.0548. The average Bonchev–Trinajstić information content (AvgIpc) is 3.28. The molecule has 3 heterocycles. The van der Waals surface area contributed by atoms with E-state index in [1.54, 1.807) is 12.0 Å². The van der Waals surface area contributed by atoms with Crippen LogP contribution in [0.3, 0.4) is 0 Å². The highest BCUT2D eigenvalue weighted by atomic mass is 16.5. The number of likely N-dealkylation sites (tertiary alicyclic amines) is 1. The lowest BCUT2D eigenvalue weighted by atomic mass is 9.73. The molecule has 0 radical (unpaired) electrons. The molecule has 1 N–H and O–H groups in total. The van der Waals surface area contributed by atoms with E-state index in [9.17, 15) is 9.90 Å². The maximum atomic E-state index is 11.8. The zero-order valence-electron chi connectivity index (χ0n) is 19.2. The van der Waals surface area contributed by atoms with Crippen LogP contribution in [0.15, 0.2) is 24.3 Å². The Bertz CT molecular complexity index is 1070. The predicted octanol–water partition coefficient (Wildman–Crippen LogP) is 5.18. The van der Waals surface area contributed by atoms with E-state index in [1.165, 1.54) is 39.1 Å². The number of carboxylic acid groups (broad SMARTS) is 1. The molecule has 1 fully saturated rings. The molecule has 0 aliphatic carbocycles. The number of hydrogen-bond acceptors (Lipinski definition) is 3. The monoisotopic (exact) mass is 420 g/mol. The highest BCUT2D eigenvalue weighted by Gasteiger charge is 2.48. The van der Waals surface area contributed by atoms with E-state index < -0.39 is 6.09 Å². The van der Waals surface area contributed by atoms with Crippen molar-refractivity contribution in [3.63, 3.8) is 0 Å². The second-order valence-corrected chi connectivity index (χ2v) is 10.3. The van der Waals surface area contributed by atoms with Crippen LogP contribution < -0.4 is 9.64 Å². The van der Waals surface area contributed by atoms with Gasteiger partial charge in [-0.05, 0) is 76.8 Å². The van der Waals surface area contributed by atoms with Crippen molar-refractivity contribution >= 4 is 11.8 Å². The summed E-state index contributed by atoms with van der Waals surface area (Å²) in [6, 6.07) is 9.17. The maximum absolute atomic E-state index is 11.8. The molecule has 1 saturated heterocycles. The highest BCUT2D eigenvalue weighted by molar-refractivity contribution is 5.84. The smallest absolute Gasteiger partial charge is 0.407 e. The van der Waals surface area contributed by atoms with E-state index in [0.717, 1.165) is 25.1 Å². The Kier molecular flexibility index (Phi) is 4.51. The molecule has 0 spiro atoms. The molecule has 0 saturated carbocycles. The van der Waals surface area contributed by atoms with E-state index >= 15 is 0 Å². The third kappa shape index (κ3) is 3.00. The largest absolute Gasteiger partial charge is 0.497 e. The lowest BCUT2D eigenvalue weighted by Crippen LogP contribution is -2.47. The standard InChI is InChI=1S/C26H32N2O3/c1-15-12-17(31-5)6-7-18(15)19-13-16-8-11-28-21-9-10-27(25(29)30)14-20(21)22(24(16)28)23(19)26(2,3)4/h6-7,12-13,20-21H,8-11,14H2,1-5H3,(H,29,30)/t20-,21+/m1/s1. The van der Waals surface area contributed by atoms with E-state index in [0.29, 0.717) is 19.1 Å². The third-order valence-corrected chi connectivity index (χ3v) is 7.42. The van der Waals surface area contributed by atoms with Crippen molar-refractivity contribution < 1.29 is 14.6 Å². The van der Waals surface area contributed by atoms with Crippen molar-refractivity contribution in [3.8, 4) is 16.9 Å². The van der Waals surface area contributed by atoms with Crippen molar-refractivity contribution in [1.29, 1.82) is 0 Å². The Labute approximate surface area is 184 Å². The molecule has 0 bridgehead atoms. The van der Waals surface area contributed by atoms with Crippen molar-refractivity contribution in [2.75, 3.05) is 31.6 Å². The number of anilines is 1. The molecular weight excluding hydrogens is 388 g/mol. The summed E-state index contributed by atoms with van der Waals surface area (Å²) in [4.78, 5) is 16.0. The Morgan fingerprint density at radius 3 is 2.58 bits per heavy atom. The van der Waals surface area contributed by atoms with E-state index in [2.05, 4.69) is 50.8 Å². The summed E-state index contributed by atoms with van der Waals surface area (Å²) in [7, 11) is 1.71. The van der Waals surface area contributed by atoms with Gasteiger partial charge in [0.15, 0.2) is 0 Å². The minimum Gasteiger partial charge on any atom is -0.497 e. The summed E-state index contributed by atoms with van der Waals surface area (Å²) >= 11 is 0. The lowest BCUT2D eigenvalue weighted by Gasteiger charge is -2.38. The quantitative estimate of drug-likeness (QED) is 0.727. The number of nitrogens with zero attached hydrogens (tertiary/aromatic N) is 2. The van der Waals surface area contributed by atoms with Crippen LogP contribution in [0.5, 0.6) is 5.75 Å². The molecule has 0 unspecified atom stereocenters. The number of fused-ring (bicyclic) bond motifs is 3. The van der Waals surface area contributed by atoms with Crippen LogP contribution in [0.25, 0.3) is 11.1 Å². The molecular formula is C26H32N2O3. The van der Waals surface area contributed by atoms with E-state index in [1.807, 2.05) is 6.07 Å². The van der Waals surface area contributed by atoms with Gasteiger partial charge < -0.3 is 19.6 Å². The van der Waals surface area contributed by atoms with Gasteiger partial charge in [0.25, 0.3) is 0 Å². The topological polar surface area (TPSA) is 53.0 Å². The molecule has 5 nitrogen and oxygen atoms in total. The fourth-order valence-electron chi connectivity index (χ4n) is 6.18. The zero-order valence-corrected chi connectivity index (χ0v) is 19.2. The molecule has 5 heteroatoms. The van der Waals surface area contributed by atoms with E-state index in [4.69, 9.17) is 4.74 Å². The number of benzene rings is 2. The molecule has 2 aromatic carbocycles. The lowest BCUT2D eigenvalue weighted by molar-refractivity contribution is 0.127. The fourth-order valence-corrected chi connectivity index (χ4v) is 6.18. The van der Waals surface area contributed by atoms with Gasteiger partial charge in [-0.1, -0.05) is 26.8 Å². The zero-order chi connectivity index (χ0) is 22.1. The molecule has 3 aliphatic heterocycles. The summed E-state index contributed by atoms with van der Waals surface area (Å²) in [6.45, 7) is 11.3. The molecule has 2 aromatic rings. The van der Waals surface area contributed by atoms with Crippen molar-refractivity contribution in [2.24, 2.45) is 0 Å². The van der Waals surface area contributed by atoms with Crippen LogP contribution in [0.1, 0.15) is 55.4 Å². The van der Waals surface area contributed by atoms with Crippen molar-refractivity contribution in [2.45, 2.75) is 57.9 Å². The van der Waals surface area contributed by atoms with Gasteiger partial charge in [-0.2, -0.15) is 0 Å². The van der Waals surface area contributed by atoms with Gasteiger partial charge in [0.2, 0.25) is 0 Å². The summed E-state index contributed by atoms with van der Waals surface area (Å²) in [6.07, 6.45) is 1.18.